The number of Topliss-reactive ketones (excluding diaryl/α,β-unsaturated/α-hetero) is 1. The van der Waals surface area contributed by atoms with E-state index in [1.807, 2.05) is 0 Å². The second-order valence-electron chi connectivity index (χ2n) is 2.49. The van der Waals surface area contributed by atoms with Crippen molar-refractivity contribution in [2.45, 2.75) is 17.3 Å². The van der Waals surface area contributed by atoms with E-state index >= 15 is 0 Å². The Morgan fingerprint density at radius 3 is 2.38 bits per heavy atom. The van der Waals surface area contributed by atoms with E-state index in [-0.39, 0.29) is 18.7 Å². The van der Waals surface area contributed by atoms with Crippen LogP contribution in [0.5, 0.6) is 0 Å². The Hall–Kier alpha value is -0.660. The smallest absolute Gasteiger partial charge is 0.304 e. The molecule has 0 aliphatic rings. The maximum atomic E-state index is 11.0. The van der Waals surface area contributed by atoms with Crippen molar-refractivity contribution in [1.82, 2.24) is 5.32 Å². The summed E-state index contributed by atoms with van der Waals surface area (Å²) >= 11 is 1.73. The SMILES string of the molecule is CC(=O)CNC(=O)C(I)CC(=O)O. The highest BCUT2D eigenvalue weighted by molar-refractivity contribution is 14.1. The van der Waals surface area contributed by atoms with E-state index in [4.69, 9.17) is 5.11 Å². The van der Waals surface area contributed by atoms with Crippen LogP contribution in [0.15, 0.2) is 0 Å². The first-order chi connectivity index (χ1) is 5.93. The van der Waals surface area contributed by atoms with Crippen molar-refractivity contribution in [3.63, 3.8) is 0 Å². The summed E-state index contributed by atoms with van der Waals surface area (Å²) in [6.45, 7) is 1.30. The summed E-state index contributed by atoms with van der Waals surface area (Å²) in [6.07, 6.45) is -0.232. The molecule has 74 valence electrons. The molecule has 1 atom stereocenters. The Labute approximate surface area is 89.0 Å². The van der Waals surface area contributed by atoms with Gasteiger partial charge in [-0.25, -0.2) is 0 Å². The minimum Gasteiger partial charge on any atom is -0.481 e. The first kappa shape index (κ1) is 12.3. The number of nitrogens with one attached hydrogen (secondary N) is 1. The number of hydrogen-bond donors (Lipinski definition) is 2. The standard InChI is InChI=1S/C7H10INO4/c1-4(10)3-9-7(13)5(8)2-6(11)12/h5H,2-3H2,1H3,(H,9,13)(H,11,12). The predicted molar refractivity (Wildman–Crippen MR) is 53.8 cm³/mol. The normalized spacial score (nSPS) is 11.8. The zero-order valence-corrected chi connectivity index (χ0v) is 9.20. The summed E-state index contributed by atoms with van der Waals surface area (Å²) in [6, 6.07) is 0. The first-order valence-corrected chi connectivity index (χ1v) is 4.81. The maximum Gasteiger partial charge on any atom is 0.304 e. The quantitative estimate of drug-likeness (QED) is 0.551. The number of amides is 1. The third-order valence-electron chi connectivity index (χ3n) is 1.15. The Kier molecular flexibility index (Phi) is 5.60. The van der Waals surface area contributed by atoms with Crippen molar-refractivity contribution in [3.05, 3.63) is 0 Å². The Bertz CT molecular complexity index is 229. The van der Waals surface area contributed by atoms with Crippen LogP contribution in [0, 0.1) is 0 Å². The molecule has 5 nitrogen and oxygen atoms in total. The summed E-state index contributed by atoms with van der Waals surface area (Å²) < 4.78 is -0.630. The van der Waals surface area contributed by atoms with Crippen LogP contribution < -0.4 is 5.32 Å². The lowest BCUT2D eigenvalue weighted by molar-refractivity contribution is -0.138. The second-order valence-corrected chi connectivity index (χ2v) is 3.99. The van der Waals surface area contributed by atoms with Gasteiger partial charge in [-0.1, -0.05) is 22.6 Å². The molecule has 0 aliphatic carbocycles. The third-order valence-corrected chi connectivity index (χ3v) is 2.16. The molecule has 0 bridgehead atoms. The molecule has 6 heteroatoms. The van der Waals surface area contributed by atoms with Crippen molar-refractivity contribution in [3.8, 4) is 0 Å². The molecule has 0 rings (SSSR count). The summed E-state index contributed by atoms with van der Waals surface area (Å²) in [4.78, 5) is 31.7. The summed E-state index contributed by atoms with van der Waals surface area (Å²) in [5.74, 6) is -1.61. The van der Waals surface area contributed by atoms with Gasteiger partial charge in [-0.15, -0.1) is 0 Å². The van der Waals surface area contributed by atoms with Crippen molar-refractivity contribution < 1.29 is 19.5 Å². The molecule has 0 aromatic heterocycles. The minimum atomic E-state index is -1.03. The molecule has 0 aromatic carbocycles. The molecule has 0 heterocycles. The van der Waals surface area contributed by atoms with Crippen LogP contribution in [-0.2, 0) is 14.4 Å². The molecule has 0 aliphatic heterocycles. The molecule has 0 fully saturated rings. The van der Waals surface area contributed by atoms with Crippen LogP contribution in [0.25, 0.3) is 0 Å². The molecule has 1 amide bonds. The van der Waals surface area contributed by atoms with Crippen molar-refractivity contribution in [1.29, 1.82) is 0 Å². The fourth-order valence-electron chi connectivity index (χ4n) is 0.568. The molecule has 0 spiro atoms. The van der Waals surface area contributed by atoms with Gasteiger partial charge in [0.25, 0.3) is 0 Å². The van der Waals surface area contributed by atoms with Gasteiger partial charge in [-0.3, -0.25) is 14.4 Å². The number of carbonyl (C=O) groups excluding carboxylic acids is 2. The van der Waals surface area contributed by atoms with Crippen LogP contribution in [0.4, 0.5) is 0 Å². The van der Waals surface area contributed by atoms with Crippen LogP contribution in [0.3, 0.4) is 0 Å². The van der Waals surface area contributed by atoms with E-state index in [1.54, 1.807) is 22.6 Å². The zero-order valence-electron chi connectivity index (χ0n) is 7.04. The summed E-state index contributed by atoms with van der Waals surface area (Å²) in [5.41, 5.74) is 0. The van der Waals surface area contributed by atoms with E-state index in [9.17, 15) is 14.4 Å². The Morgan fingerprint density at radius 1 is 1.46 bits per heavy atom. The highest BCUT2D eigenvalue weighted by atomic mass is 127. The van der Waals surface area contributed by atoms with E-state index in [2.05, 4.69) is 5.32 Å². The average molecular weight is 299 g/mol. The molecule has 0 radical (unpaired) electrons. The van der Waals surface area contributed by atoms with Crippen LogP contribution in [0.2, 0.25) is 0 Å². The van der Waals surface area contributed by atoms with Gasteiger partial charge in [-0.05, 0) is 6.92 Å². The van der Waals surface area contributed by atoms with Gasteiger partial charge in [0.05, 0.1) is 13.0 Å². The van der Waals surface area contributed by atoms with E-state index in [0.29, 0.717) is 0 Å². The van der Waals surface area contributed by atoms with Crippen molar-refractivity contribution in [2.24, 2.45) is 0 Å². The Balaban J connectivity index is 3.82. The Morgan fingerprint density at radius 2 is 2.00 bits per heavy atom. The topological polar surface area (TPSA) is 83.5 Å². The number of alkyl halides is 1. The number of carboxylic acid groups (broad SMARTS) is 1. The number of halogens is 1. The molecular formula is C7H10INO4. The van der Waals surface area contributed by atoms with Crippen LogP contribution in [-0.4, -0.2) is 33.2 Å². The van der Waals surface area contributed by atoms with Crippen molar-refractivity contribution in [2.75, 3.05) is 6.54 Å². The predicted octanol–water partition coefficient (Wildman–Crippen LogP) is -0.0301. The summed E-state index contributed by atoms with van der Waals surface area (Å²) in [5, 5.41) is 10.7. The van der Waals surface area contributed by atoms with Gasteiger partial charge in [0.2, 0.25) is 5.91 Å². The molecule has 2 N–H and O–H groups in total. The van der Waals surface area contributed by atoms with E-state index in [0.717, 1.165) is 0 Å². The number of aliphatic carboxylic acids is 1. The van der Waals surface area contributed by atoms with Gasteiger partial charge in [0.1, 0.15) is 9.71 Å². The van der Waals surface area contributed by atoms with E-state index < -0.39 is 15.8 Å². The highest BCUT2D eigenvalue weighted by Crippen LogP contribution is 2.05. The molecule has 13 heavy (non-hydrogen) atoms. The van der Waals surface area contributed by atoms with Crippen LogP contribution >= 0.6 is 22.6 Å². The van der Waals surface area contributed by atoms with Gasteiger partial charge in [0.15, 0.2) is 0 Å². The largest absolute Gasteiger partial charge is 0.481 e. The minimum absolute atomic E-state index is 0.0437. The fourth-order valence-corrected chi connectivity index (χ4v) is 1.17. The highest BCUT2D eigenvalue weighted by Gasteiger charge is 2.17. The monoisotopic (exact) mass is 299 g/mol. The number of carbonyl (C=O) groups is 3. The number of rotatable bonds is 5. The second kappa shape index (κ2) is 5.90. The maximum absolute atomic E-state index is 11.0. The van der Waals surface area contributed by atoms with Crippen molar-refractivity contribution >= 4 is 40.3 Å². The molecule has 0 saturated heterocycles. The lowest BCUT2D eigenvalue weighted by Crippen LogP contribution is -2.35. The van der Waals surface area contributed by atoms with Gasteiger partial charge < -0.3 is 10.4 Å². The number of carboxylic acids is 1. The summed E-state index contributed by atoms with van der Waals surface area (Å²) in [7, 11) is 0. The fraction of sp³-hybridized carbons (Fsp3) is 0.571. The molecule has 1 unspecified atom stereocenters. The zero-order chi connectivity index (χ0) is 10.4. The van der Waals surface area contributed by atoms with Crippen LogP contribution in [0.1, 0.15) is 13.3 Å². The van der Waals surface area contributed by atoms with Gasteiger partial charge in [-0.2, -0.15) is 0 Å². The third kappa shape index (κ3) is 6.50. The van der Waals surface area contributed by atoms with Gasteiger partial charge in [0, 0.05) is 0 Å². The number of ketones is 1. The first-order valence-electron chi connectivity index (χ1n) is 3.56. The lowest BCUT2D eigenvalue weighted by Gasteiger charge is -2.06. The molecule has 0 saturated carbocycles. The van der Waals surface area contributed by atoms with Gasteiger partial charge >= 0.3 is 5.97 Å². The lowest BCUT2D eigenvalue weighted by atomic mass is 10.3. The molecule has 0 aromatic rings. The molecular weight excluding hydrogens is 289 g/mol. The average Bonchev–Trinajstić information content (AvgIpc) is 1.98. The number of hydrogen-bond acceptors (Lipinski definition) is 3. The van der Waals surface area contributed by atoms with E-state index in [1.165, 1.54) is 6.92 Å².